The molecule has 1 aromatic carbocycles. The second kappa shape index (κ2) is 3.70. The van der Waals surface area contributed by atoms with Crippen LogP contribution in [-0.4, -0.2) is 12.0 Å². The fourth-order valence-corrected chi connectivity index (χ4v) is 1.86. The van der Waals surface area contributed by atoms with Crippen LogP contribution in [0.25, 0.3) is 10.8 Å². The normalized spacial score (nSPS) is 10.7. The maximum atomic E-state index is 11.6. The Balaban J connectivity index is 2.98. The molecule has 0 aliphatic carbocycles. The lowest BCUT2D eigenvalue weighted by Gasteiger charge is -2.16. The monoisotopic (exact) mass is 238 g/mol. The molecule has 6 heteroatoms. The van der Waals surface area contributed by atoms with Gasteiger partial charge in [-0.3, -0.25) is 4.79 Å². The molecule has 2 aromatic rings. The Bertz CT molecular complexity index is 606. The number of aromatic nitrogens is 1. The summed E-state index contributed by atoms with van der Waals surface area (Å²) in [5, 5.41) is 3.02. The van der Waals surface area contributed by atoms with Crippen LogP contribution >= 0.6 is 11.6 Å². The molecule has 0 saturated heterocycles. The molecular weight excluding hydrogens is 228 g/mol. The summed E-state index contributed by atoms with van der Waals surface area (Å²) in [6, 6.07) is 4.96. The lowest BCUT2D eigenvalue weighted by molar-refractivity contribution is 1.02. The van der Waals surface area contributed by atoms with E-state index in [9.17, 15) is 4.79 Å². The van der Waals surface area contributed by atoms with Crippen molar-refractivity contribution >= 4 is 33.9 Å². The van der Waals surface area contributed by atoms with Gasteiger partial charge < -0.3 is 15.7 Å². The van der Waals surface area contributed by atoms with Crippen LogP contribution in [0.15, 0.2) is 23.0 Å². The number of anilines is 2. The summed E-state index contributed by atoms with van der Waals surface area (Å²) in [7, 11) is 1.64. The summed E-state index contributed by atoms with van der Waals surface area (Å²) < 4.78 is 0. The minimum absolute atomic E-state index is 0.227. The Hall–Kier alpha value is -1.72. The Morgan fingerprint density at radius 2 is 2.06 bits per heavy atom. The first kappa shape index (κ1) is 10.8. The lowest BCUT2D eigenvalue weighted by Crippen LogP contribution is -2.28. The van der Waals surface area contributed by atoms with Crippen molar-refractivity contribution in [1.29, 1.82) is 0 Å². The predicted octanol–water partition coefficient (Wildman–Crippen LogP) is 1.07. The number of aromatic amines is 1. The van der Waals surface area contributed by atoms with Gasteiger partial charge in [0.1, 0.15) is 5.82 Å². The molecule has 5 N–H and O–H groups in total. The van der Waals surface area contributed by atoms with Gasteiger partial charge >= 0.3 is 0 Å². The summed E-state index contributed by atoms with van der Waals surface area (Å²) in [5.74, 6) is 5.90. The molecule has 0 saturated carbocycles. The van der Waals surface area contributed by atoms with Crippen molar-refractivity contribution in [2.75, 3.05) is 17.8 Å². The smallest absolute Gasteiger partial charge is 0.257 e. The topological polar surface area (TPSA) is 88.1 Å². The first-order chi connectivity index (χ1) is 7.50. The SMILES string of the molecule is CN(N)c1c(N)[nH]c(=O)c2ccc(Cl)cc12. The molecule has 1 aromatic heterocycles. The maximum Gasteiger partial charge on any atom is 0.257 e. The quantitative estimate of drug-likeness (QED) is 0.512. The van der Waals surface area contributed by atoms with Crippen LogP contribution in [0.1, 0.15) is 0 Å². The van der Waals surface area contributed by atoms with Crippen molar-refractivity contribution in [3.05, 3.63) is 33.6 Å². The standard InChI is InChI=1S/C10H11ClN4O/c1-15(13)8-7-4-5(11)2-3-6(7)10(16)14-9(8)12/h2-4H,13H2,1H3,(H3,12,14,16). The van der Waals surface area contributed by atoms with E-state index in [-0.39, 0.29) is 11.4 Å². The third-order valence-electron chi connectivity index (χ3n) is 2.34. The molecule has 0 aliphatic heterocycles. The minimum atomic E-state index is -0.255. The second-order valence-corrected chi connectivity index (χ2v) is 3.95. The van der Waals surface area contributed by atoms with E-state index in [0.29, 0.717) is 21.5 Å². The summed E-state index contributed by atoms with van der Waals surface area (Å²) >= 11 is 5.89. The van der Waals surface area contributed by atoms with E-state index in [0.717, 1.165) is 0 Å². The van der Waals surface area contributed by atoms with Gasteiger partial charge in [0.2, 0.25) is 0 Å². The number of nitrogen functional groups attached to an aromatic ring is 1. The number of rotatable bonds is 1. The van der Waals surface area contributed by atoms with E-state index in [1.807, 2.05) is 0 Å². The number of benzene rings is 1. The highest BCUT2D eigenvalue weighted by Crippen LogP contribution is 2.28. The molecule has 84 valence electrons. The zero-order valence-corrected chi connectivity index (χ0v) is 9.38. The number of nitrogens with zero attached hydrogens (tertiary/aromatic N) is 1. The van der Waals surface area contributed by atoms with Gasteiger partial charge in [0.05, 0.1) is 5.69 Å². The summed E-state index contributed by atoms with van der Waals surface area (Å²) in [4.78, 5) is 14.2. The van der Waals surface area contributed by atoms with Crippen LogP contribution in [0.3, 0.4) is 0 Å². The molecule has 0 aliphatic rings. The van der Waals surface area contributed by atoms with Crippen molar-refractivity contribution in [2.45, 2.75) is 0 Å². The van der Waals surface area contributed by atoms with Crippen molar-refractivity contribution in [3.63, 3.8) is 0 Å². The van der Waals surface area contributed by atoms with Crippen LogP contribution in [0.4, 0.5) is 11.5 Å². The van der Waals surface area contributed by atoms with E-state index >= 15 is 0 Å². The highest BCUT2D eigenvalue weighted by molar-refractivity contribution is 6.31. The minimum Gasteiger partial charge on any atom is -0.383 e. The first-order valence-corrected chi connectivity index (χ1v) is 4.98. The highest BCUT2D eigenvalue weighted by atomic mass is 35.5. The van der Waals surface area contributed by atoms with Crippen LogP contribution in [-0.2, 0) is 0 Å². The third kappa shape index (κ3) is 1.60. The van der Waals surface area contributed by atoms with Gasteiger partial charge in [-0.1, -0.05) is 11.6 Å². The molecule has 0 fully saturated rings. The van der Waals surface area contributed by atoms with Crippen LogP contribution in [0.5, 0.6) is 0 Å². The molecule has 5 nitrogen and oxygen atoms in total. The number of H-pyrrole nitrogens is 1. The average Bonchev–Trinajstić information content (AvgIpc) is 2.15. The summed E-state index contributed by atoms with van der Waals surface area (Å²) in [6.07, 6.45) is 0. The van der Waals surface area contributed by atoms with E-state index in [2.05, 4.69) is 4.98 Å². The van der Waals surface area contributed by atoms with Crippen molar-refractivity contribution < 1.29 is 0 Å². The van der Waals surface area contributed by atoms with Gasteiger partial charge in [-0.05, 0) is 18.2 Å². The van der Waals surface area contributed by atoms with Crippen LogP contribution in [0, 0.1) is 0 Å². The highest BCUT2D eigenvalue weighted by Gasteiger charge is 2.11. The lowest BCUT2D eigenvalue weighted by atomic mass is 10.1. The van der Waals surface area contributed by atoms with E-state index in [4.69, 9.17) is 23.2 Å². The average molecular weight is 239 g/mol. The number of hydrogen-bond donors (Lipinski definition) is 3. The van der Waals surface area contributed by atoms with Gasteiger partial charge in [0.25, 0.3) is 5.56 Å². The fourth-order valence-electron chi connectivity index (χ4n) is 1.68. The molecule has 0 radical (unpaired) electrons. The van der Waals surface area contributed by atoms with E-state index < -0.39 is 0 Å². The maximum absolute atomic E-state index is 11.6. The Morgan fingerprint density at radius 3 is 2.69 bits per heavy atom. The molecule has 0 unspecified atom stereocenters. The summed E-state index contributed by atoms with van der Waals surface area (Å²) in [6.45, 7) is 0. The Morgan fingerprint density at radius 1 is 1.38 bits per heavy atom. The Kier molecular flexibility index (Phi) is 2.49. The molecule has 0 atom stereocenters. The van der Waals surface area contributed by atoms with Crippen molar-refractivity contribution in [3.8, 4) is 0 Å². The number of hydrazine groups is 1. The molecule has 0 bridgehead atoms. The molecular formula is C10H11ClN4O. The number of nitrogens with two attached hydrogens (primary N) is 2. The van der Waals surface area contributed by atoms with Gasteiger partial charge in [-0.15, -0.1) is 0 Å². The molecule has 0 spiro atoms. The number of fused-ring (bicyclic) bond motifs is 1. The second-order valence-electron chi connectivity index (χ2n) is 3.52. The van der Waals surface area contributed by atoms with Crippen LogP contribution in [0.2, 0.25) is 5.02 Å². The van der Waals surface area contributed by atoms with Crippen molar-refractivity contribution in [2.24, 2.45) is 5.84 Å². The largest absolute Gasteiger partial charge is 0.383 e. The number of hydrogen-bond acceptors (Lipinski definition) is 4. The van der Waals surface area contributed by atoms with Gasteiger partial charge in [0, 0.05) is 22.8 Å². The van der Waals surface area contributed by atoms with Gasteiger partial charge in [0.15, 0.2) is 0 Å². The van der Waals surface area contributed by atoms with E-state index in [1.165, 1.54) is 5.01 Å². The summed E-state index contributed by atoms with van der Waals surface area (Å²) in [5.41, 5.74) is 6.02. The van der Waals surface area contributed by atoms with Gasteiger partial charge in [-0.2, -0.15) is 0 Å². The van der Waals surface area contributed by atoms with Gasteiger partial charge in [-0.25, -0.2) is 5.84 Å². The number of nitrogens with one attached hydrogen (secondary N) is 1. The predicted molar refractivity (Wildman–Crippen MR) is 66.6 cm³/mol. The third-order valence-corrected chi connectivity index (χ3v) is 2.57. The molecule has 0 amide bonds. The van der Waals surface area contributed by atoms with Crippen LogP contribution < -0.4 is 22.1 Å². The number of pyridine rings is 1. The zero-order chi connectivity index (χ0) is 11.9. The Labute approximate surface area is 96.6 Å². The fraction of sp³-hybridized carbons (Fsp3) is 0.100. The molecule has 1 heterocycles. The molecule has 2 rings (SSSR count). The zero-order valence-electron chi connectivity index (χ0n) is 8.62. The number of halogens is 1. The van der Waals surface area contributed by atoms with Crippen molar-refractivity contribution in [1.82, 2.24) is 4.98 Å². The van der Waals surface area contributed by atoms with E-state index in [1.54, 1.807) is 25.2 Å². The first-order valence-electron chi connectivity index (χ1n) is 4.60. The molecule has 16 heavy (non-hydrogen) atoms.